The molecular weight excluding hydrogens is 284 g/mol. The van der Waals surface area contributed by atoms with Gasteiger partial charge in [-0.15, -0.1) is 0 Å². The predicted octanol–water partition coefficient (Wildman–Crippen LogP) is -0.0482. The molecule has 1 heterocycles. The number of hydrogen-bond acceptors (Lipinski definition) is 6. The monoisotopic (exact) mass is 302 g/mol. The fourth-order valence-electron chi connectivity index (χ4n) is 2.02. The van der Waals surface area contributed by atoms with Gasteiger partial charge in [0.05, 0.1) is 13.2 Å². The van der Waals surface area contributed by atoms with E-state index in [1.54, 1.807) is 4.90 Å². The van der Waals surface area contributed by atoms with E-state index in [2.05, 4.69) is 4.18 Å². The Morgan fingerprint density at radius 3 is 2.65 bits per heavy atom. The fraction of sp³-hybridized carbons (Fsp3) is 0.500. The number of hydrogen-bond donors (Lipinski definition) is 2. The molecule has 0 saturated carbocycles. The van der Waals surface area contributed by atoms with Crippen LogP contribution in [0.1, 0.15) is 12.0 Å². The van der Waals surface area contributed by atoms with Crippen LogP contribution in [0.25, 0.3) is 0 Å². The van der Waals surface area contributed by atoms with Crippen LogP contribution in [-0.2, 0) is 25.6 Å². The van der Waals surface area contributed by atoms with E-state index in [9.17, 15) is 13.5 Å². The minimum absolute atomic E-state index is 0.0687. The van der Waals surface area contributed by atoms with Crippen LogP contribution in [0.2, 0.25) is 0 Å². The van der Waals surface area contributed by atoms with E-state index in [0.717, 1.165) is 11.3 Å². The Kier molecular flexibility index (Phi) is 4.95. The van der Waals surface area contributed by atoms with E-state index in [-0.39, 0.29) is 6.61 Å². The van der Waals surface area contributed by atoms with Gasteiger partial charge in [0, 0.05) is 12.2 Å². The van der Waals surface area contributed by atoms with Crippen molar-refractivity contribution in [3.8, 4) is 0 Å². The van der Waals surface area contributed by atoms with Gasteiger partial charge < -0.3 is 14.7 Å². The van der Waals surface area contributed by atoms with Crippen molar-refractivity contribution in [2.24, 2.45) is 5.14 Å². The molecule has 1 fully saturated rings. The summed E-state index contributed by atoms with van der Waals surface area (Å²) in [6.45, 7) is 1.23. The fourth-order valence-corrected chi connectivity index (χ4v) is 2.37. The molecule has 3 N–H and O–H groups in total. The lowest BCUT2D eigenvalue weighted by atomic mass is 10.1. The molecule has 20 heavy (non-hydrogen) atoms. The summed E-state index contributed by atoms with van der Waals surface area (Å²) < 4.78 is 30.7. The quantitative estimate of drug-likeness (QED) is 0.714. The molecule has 0 amide bonds. The molecule has 0 aliphatic carbocycles. The molecule has 0 spiro atoms. The molecular formula is C12H18N2O5S. The van der Waals surface area contributed by atoms with E-state index in [1.165, 1.54) is 0 Å². The van der Waals surface area contributed by atoms with Crippen molar-refractivity contribution in [3.63, 3.8) is 0 Å². The highest BCUT2D eigenvalue weighted by atomic mass is 32.2. The second-order valence-electron chi connectivity index (χ2n) is 4.48. The van der Waals surface area contributed by atoms with Crippen molar-refractivity contribution in [2.45, 2.75) is 19.3 Å². The highest BCUT2D eigenvalue weighted by Crippen LogP contribution is 2.21. The third-order valence-corrected chi connectivity index (χ3v) is 3.49. The molecule has 112 valence electrons. The van der Waals surface area contributed by atoms with Crippen LogP contribution in [0.4, 0.5) is 5.69 Å². The minimum atomic E-state index is -3.85. The maximum Gasteiger partial charge on any atom is 0.333 e. The highest BCUT2D eigenvalue weighted by molar-refractivity contribution is 7.84. The zero-order valence-electron chi connectivity index (χ0n) is 10.9. The zero-order valence-corrected chi connectivity index (χ0v) is 11.8. The molecule has 0 aromatic heterocycles. The Labute approximate surface area is 118 Å². The van der Waals surface area contributed by atoms with E-state index < -0.39 is 16.7 Å². The minimum Gasteiger partial charge on any atom is -0.351 e. The van der Waals surface area contributed by atoms with E-state index in [1.807, 2.05) is 24.3 Å². The van der Waals surface area contributed by atoms with Crippen LogP contribution in [0.3, 0.4) is 0 Å². The van der Waals surface area contributed by atoms with E-state index in [0.29, 0.717) is 26.0 Å². The van der Waals surface area contributed by atoms with Crippen molar-refractivity contribution < 1.29 is 22.4 Å². The van der Waals surface area contributed by atoms with Crippen molar-refractivity contribution in [1.82, 2.24) is 0 Å². The summed E-state index contributed by atoms with van der Waals surface area (Å²) in [6.07, 6.45) is 0.365. The molecule has 1 aliphatic heterocycles. The van der Waals surface area contributed by atoms with Crippen LogP contribution in [0.5, 0.6) is 0 Å². The molecule has 1 atom stereocenters. The van der Waals surface area contributed by atoms with Gasteiger partial charge in [-0.1, -0.05) is 12.1 Å². The normalized spacial score (nSPS) is 19.5. The second kappa shape index (κ2) is 6.51. The first-order chi connectivity index (χ1) is 9.46. The largest absolute Gasteiger partial charge is 0.351 e. The van der Waals surface area contributed by atoms with E-state index >= 15 is 0 Å². The first-order valence-electron chi connectivity index (χ1n) is 6.28. The Morgan fingerprint density at radius 1 is 1.40 bits per heavy atom. The van der Waals surface area contributed by atoms with Gasteiger partial charge in [-0.25, -0.2) is 5.14 Å². The summed E-state index contributed by atoms with van der Waals surface area (Å²) in [5.74, 6) is 0. The van der Waals surface area contributed by atoms with Crippen LogP contribution < -0.4 is 10.0 Å². The lowest BCUT2D eigenvalue weighted by molar-refractivity contribution is -0.0573. The number of nitrogens with two attached hydrogens (primary N) is 1. The second-order valence-corrected chi connectivity index (χ2v) is 5.70. The Hall–Kier alpha value is -1.19. The van der Waals surface area contributed by atoms with E-state index in [4.69, 9.17) is 9.88 Å². The third-order valence-electron chi connectivity index (χ3n) is 2.99. The molecule has 1 aromatic carbocycles. The summed E-state index contributed by atoms with van der Waals surface area (Å²) in [5, 5.41) is 14.3. The average molecular weight is 302 g/mol. The van der Waals surface area contributed by atoms with Crippen molar-refractivity contribution >= 4 is 16.0 Å². The number of nitrogens with zero attached hydrogens (tertiary/aromatic N) is 1. The number of ether oxygens (including phenoxy) is 1. The first kappa shape index (κ1) is 15.2. The van der Waals surface area contributed by atoms with Gasteiger partial charge in [0.1, 0.15) is 0 Å². The summed E-state index contributed by atoms with van der Waals surface area (Å²) in [6, 6.07) is 7.65. The molecule has 7 nitrogen and oxygen atoms in total. The molecule has 0 radical (unpaired) electrons. The standard InChI is InChI=1S/C12H18N2O5S/c13-20(16,17)19-8-1-2-10-3-5-11(6-4-10)14-7-9-18-12(14)15/h3-6,12,15H,1-2,7-9H2,(H2,13,16,17). The van der Waals surface area contributed by atoms with Crippen LogP contribution in [-0.4, -0.2) is 39.7 Å². The zero-order chi connectivity index (χ0) is 14.6. The molecule has 2 rings (SSSR count). The third kappa shape index (κ3) is 4.43. The van der Waals surface area contributed by atoms with Crippen LogP contribution in [0.15, 0.2) is 24.3 Å². The van der Waals surface area contributed by atoms with Gasteiger partial charge in [0.2, 0.25) is 6.41 Å². The van der Waals surface area contributed by atoms with Gasteiger partial charge >= 0.3 is 10.3 Å². The van der Waals surface area contributed by atoms with Gasteiger partial charge in [-0.05, 0) is 30.5 Å². The van der Waals surface area contributed by atoms with Gasteiger partial charge in [-0.3, -0.25) is 4.18 Å². The number of benzene rings is 1. The maximum atomic E-state index is 10.6. The molecule has 1 aromatic rings. The predicted molar refractivity (Wildman–Crippen MR) is 73.1 cm³/mol. The van der Waals surface area contributed by atoms with Crippen molar-refractivity contribution in [1.29, 1.82) is 0 Å². The van der Waals surface area contributed by atoms with Crippen LogP contribution >= 0.6 is 0 Å². The Balaban J connectivity index is 1.82. The molecule has 8 heteroatoms. The van der Waals surface area contributed by atoms with Gasteiger partial charge in [0.15, 0.2) is 0 Å². The van der Waals surface area contributed by atoms with Crippen molar-refractivity contribution in [2.75, 3.05) is 24.7 Å². The Bertz CT molecular complexity index is 531. The lowest BCUT2D eigenvalue weighted by Gasteiger charge is -2.20. The smallest absolute Gasteiger partial charge is 0.333 e. The summed E-state index contributed by atoms with van der Waals surface area (Å²) in [7, 11) is -3.85. The highest BCUT2D eigenvalue weighted by Gasteiger charge is 2.22. The summed E-state index contributed by atoms with van der Waals surface area (Å²) in [4.78, 5) is 1.76. The molecule has 1 unspecified atom stereocenters. The number of aliphatic hydroxyl groups excluding tert-OH is 1. The van der Waals surface area contributed by atoms with Gasteiger partial charge in [-0.2, -0.15) is 8.42 Å². The lowest BCUT2D eigenvalue weighted by Crippen LogP contribution is -2.29. The van der Waals surface area contributed by atoms with Crippen molar-refractivity contribution in [3.05, 3.63) is 29.8 Å². The first-order valence-corrected chi connectivity index (χ1v) is 7.75. The van der Waals surface area contributed by atoms with Gasteiger partial charge in [0.25, 0.3) is 0 Å². The summed E-state index contributed by atoms with van der Waals surface area (Å²) in [5.41, 5.74) is 1.95. The molecule has 0 bridgehead atoms. The Morgan fingerprint density at radius 2 is 2.10 bits per heavy atom. The average Bonchev–Trinajstić information content (AvgIpc) is 2.81. The maximum absolute atomic E-state index is 10.6. The molecule has 1 saturated heterocycles. The summed E-state index contributed by atoms with van der Waals surface area (Å²) >= 11 is 0. The molecule has 1 aliphatic rings. The number of aliphatic hydroxyl groups is 1. The van der Waals surface area contributed by atoms with Crippen LogP contribution in [0, 0.1) is 0 Å². The SMILES string of the molecule is NS(=O)(=O)OCCCc1ccc(N2CCOC2O)cc1. The topological polar surface area (TPSA) is 102 Å². The number of rotatable bonds is 6. The number of aryl methyl sites for hydroxylation is 1. The number of anilines is 1.